The third-order valence-electron chi connectivity index (χ3n) is 4.11. The first-order chi connectivity index (χ1) is 8.40. The molecule has 0 fully saturated rings. The predicted octanol–water partition coefficient (Wildman–Crippen LogP) is 2.88. The van der Waals surface area contributed by atoms with Crippen LogP contribution in [-0.2, 0) is 5.41 Å². The first-order valence-corrected chi connectivity index (χ1v) is 5.87. The highest BCUT2D eigenvalue weighted by molar-refractivity contribution is 5.94. The van der Waals surface area contributed by atoms with Crippen LogP contribution in [0.5, 0.6) is 5.75 Å². The van der Waals surface area contributed by atoms with Gasteiger partial charge in [0, 0.05) is 23.9 Å². The van der Waals surface area contributed by atoms with Gasteiger partial charge >= 0.3 is 0 Å². The van der Waals surface area contributed by atoms with Gasteiger partial charge in [-0.1, -0.05) is 24.3 Å². The van der Waals surface area contributed by atoms with E-state index in [0.717, 1.165) is 17.9 Å². The zero-order valence-electron chi connectivity index (χ0n) is 9.10. The smallest absolute Gasteiger partial charge is 0.131 e. The van der Waals surface area contributed by atoms with E-state index in [-0.39, 0.29) is 5.41 Å². The molecule has 1 spiro atoms. The second-order valence-corrected chi connectivity index (χ2v) is 4.86. The van der Waals surface area contributed by atoms with Crippen LogP contribution >= 0.6 is 0 Å². The molecule has 2 aliphatic carbocycles. The number of ether oxygens (including phenoxy) is 1. The SMILES string of the molecule is C1=NC2=C(C2)C23C1=CC=C2Oc1ccccc13. The molecule has 5 rings (SSSR count). The van der Waals surface area contributed by atoms with Gasteiger partial charge in [0.2, 0.25) is 0 Å². The Labute approximate surface area is 98.6 Å². The number of aliphatic imine (C=N–C) groups is 1. The summed E-state index contributed by atoms with van der Waals surface area (Å²) in [5, 5.41) is 0. The topological polar surface area (TPSA) is 21.6 Å². The molecule has 17 heavy (non-hydrogen) atoms. The van der Waals surface area contributed by atoms with E-state index in [2.05, 4.69) is 35.3 Å². The normalized spacial score (nSPS) is 29.9. The highest BCUT2D eigenvalue weighted by atomic mass is 16.5. The van der Waals surface area contributed by atoms with Crippen LogP contribution in [-0.4, -0.2) is 6.21 Å². The summed E-state index contributed by atoms with van der Waals surface area (Å²) < 4.78 is 6.00. The van der Waals surface area contributed by atoms with Crippen LogP contribution in [0.2, 0.25) is 0 Å². The average Bonchev–Trinajstić information content (AvgIpc) is 2.96. The van der Waals surface area contributed by atoms with Crippen molar-refractivity contribution in [3.05, 3.63) is 64.6 Å². The van der Waals surface area contributed by atoms with E-state index in [1.165, 1.54) is 22.4 Å². The van der Waals surface area contributed by atoms with Gasteiger partial charge in [-0.2, -0.15) is 0 Å². The molecule has 0 saturated heterocycles. The minimum Gasteiger partial charge on any atom is -0.460 e. The molecule has 1 aromatic carbocycles. The number of rotatable bonds is 0. The fourth-order valence-electron chi connectivity index (χ4n) is 3.31. The molecular weight excluding hydrogens is 210 g/mol. The summed E-state index contributed by atoms with van der Waals surface area (Å²) in [5.74, 6) is 2.06. The highest BCUT2D eigenvalue weighted by Gasteiger charge is 2.58. The van der Waals surface area contributed by atoms with E-state index < -0.39 is 0 Å². The van der Waals surface area contributed by atoms with E-state index in [4.69, 9.17) is 4.74 Å². The lowest BCUT2D eigenvalue weighted by atomic mass is 9.73. The van der Waals surface area contributed by atoms with Crippen molar-refractivity contribution in [3.63, 3.8) is 0 Å². The number of nitrogens with zero attached hydrogens (tertiary/aromatic N) is 1. The van der Waals surface area contributed by atoms with Crippen molar-refractivity contribution in [1.29, 1.82) is 0 Å². The maximum Gasteiger partial charge on any atom is 0.131 e. The van der Waals surface area contributed by atoms with Crippen LogP contribution in [0.1, 0.15) is 12.0 Å². The van der Waals surface area contributed by atoms with Gasteiger partial charge in [-0.05, 0) is 23.3 Å². The van der Waals surface area contributed by atoms with Gasteiger partial charge in [0.25, 0.3) is 0 Å². The summed E-state index contributed by atoms with van der Waals surface area (Å²) in [6.45, 7) is 0. The zero-order chi connectivity index (χ0) is 11.0. The van der Waals surface area contributed by atoms with Crippen molar-refractivity contribution >= 4 is 6.21 Å². The van der Waals surface area contributed by atoms with Crippen LogP contribution < -0.4 is 4.74 Å². The highest BCUT2D eigenvalue weighted by Crippen LogP contribution is 2.63. The molecule has 2 heterocycles. The molecule has 0 bridgehead atoms. The molecule has 2 heteroatoms. The lowest BCUT2D eigenvalue weighted by Gasteiger charge is -2.26. The molecule has 1 atom stereocenters. The second-order valence-electron chi connectivity index (χ2n) is 4.86. The van der Waals surface area contributed by atoms with Crippen molar-refractivity contribution in [2.24, 2.45) is 4.99 Å². The lowest BCUT2D eigenvalue weighted by molar-refractivity contribution is 0.418. The molecule has 1 aromatic rings. The second kappa shape index (κ2) is 2.28. The van der Waals surface area contributed by atoms with Gasteiger partial charge in [0.05, 0.1) is 0 Å². The Morgan fingerprint density at radius 2 is 2.12 bits per heavy atom. The number of para-hydroxylation sites is 1. The van der Waals surface area contributed by atoms with Crippen molar-refractivity contribution in [2.75, 3.05) is 0 Å². The Kier molecular flexibility index (Phi) is 1.08. The van der Waals surface area contributed by atoms with Crippen LogP contribution in [0.3, 0.4) is 0 Å². The predicted molar refractivity (Wildman–Crippen MR) is 65.0 cm³/mol. The largest absolute Gasteiger partial charge is 0.460 e. The maximum absolute atomic E-state index is 6.00. The maximum atomic E-state index is 6.00. The number of benzene rings is 1. The Morgan fingerprint density at radius 1 is 1.18 bits per heavy atom. The molecule has 80 valence electrons. The van der Waals surface area contributed by atoms with Crippen molar-refractivity contribution in [3.8, 4) is 5.75 Å². The molecule has 2 aliphatic heterocycles. The summed E-state index contributed by atoms with van der Waals surface area (Å²) in [6.07, 6.45) is 7.26. The molecule has 0 aromatic heterocycles. The molecule has 2 nitrogen and oxygen atoms in total. The minimum atomic E-state index is -0.103. The first kappa shape index (κ1) is 8.07. The number of hydrogen-bond donors (Lipinski definition) is 0. The van der Waals surface area contributed by atoms with Gasteiger partial charge in [-0.15, -0.1) is 0 Å². The van der Waals surface area contributed by atoms with Crippen LogP contribution in [0, 0.1) is 0 Å². The summed E-state index contributed by atoms with van der Waals surface area (Å²) in [7, 11) is 0. The summed E-state index contributed by atoms with van der Waals surface area (Å²) in [6, 6.07) is 8.34. The van der Waals surface area contributed by atoms with E-state index >= 15 is 0 Å². The van der Waals surface area contributed by atoms with E-state index in [1.807, 2.05) is 12.3 Å². The number of allylic oxidation sites excluding steroid dienone is 4. The van der Waals surface area contributed by atoms with Crippen LogP contribution in [0.4, 0.5) is 0 Å². The molecule has 0 amide bonds. The van der Waals surface area contributed by atoms with Gasteiger partial charge in [-0.3, -0.25) is 4.99 Å². The van der Waals surface area contributed by atoms with E-state index in [9.17, 15) is 0 Å². The van der Waals surface area contributed by atoms with E-state index in [0.29, 0.717) is 0 Å². The quantitative estimate of drug-likeness (QED) is 0.657. The van der Waals surface area contributed by atoms with Crippen molar-refractivity contribution in [2.45, 2.75) is 11.8 Å². The third-order valence-corrected chi connectivity index (χ3v) is 4.11. The third kappa shape index (κ3) is 0.705. The standard InChI is InChI=1S/C15H9NO/c1-2-4-13-10(3-1)15-9(5-6-14(15)17-13)8-16-12-7-11(12)15/h1-6,8H,7H2. The summed E-state index contributed by atoms with van der Waals surface area (Å²) >= 11 is 0. The Balaban J connectivity index is 1.91. The zero-order valence-corrected chi connectivity index (χ0v) is 9.10. The minimum absolute atomic E-state index is 0.103. The number of fused-ring (bicyclic) bond motifs is 1. The summed E-state index contributed by atoms with van der Waals surface area (Å²) in [5.41, 5.74) is 5.11. The molecule has 1 unspecified atom stereocenters. The van der Waals surface area contributed by atoms with Crippen LogP contribution in [0.25, 0.3) is 0 Å². The molecular formula is C15H9NO. The van der Waals surface area contributed by atoms with Gasteiger partial charge in [0.15, 0.2) is 0 Å². The molecule has 0 radical (unpaired) electrons. The molecule has 0 saturated carbocycles. The van der Waals surface area contributed by atoms with Gasteiger partial charge in [0.1, 0.15) is 16.9 Å². The van der Waals surface area contributed by atoms with Gasteiger partial charge < -0.3 is 4.74 Å². The van der Waals surface area contributed by atoms with Crippen molar-refractivity contribution in [1.82, 2.24) is 0 Å². The molecule has 4 aliphatic rings. The first-order valence-electron chi connectivity index (χ1n) is 5.87. The lowest BCUT2D eigenvalue weighted by Crippen LogP contribution is -2.27. The average molecular weight is 219 g/mol. The molecule has 0 N–H and O–H groups in total. The Morgan fingerprint density at radius 3 is 3.12 bits per heavy atom. The fourth-order valence-corrected chi connectivity index (χ4v) is 3.31. The monoisotopic (exact) mass is 219 g/mol. The number of hydrogen-bond acceptors (Lipinski definition) is 2. The van der Waals surface area contributed by atoms with Crippen molar-refractivity contribution < 1.29 is 4.74 Å². The fraction of sp³-hybridized carbons (Fsp3) is 0.133. The van der Waals surface area contributed by atoms with Gasteiger partial charge in [-0.25, -0.2) is 0 Å². The summed E-state index contributed by atoms with van der Waals surface area (Å²) in [4.78, 5) is 4.47. The van der Waals surface area contributed by atoms with Crippen LogP contribution in [0.15, 0.2) is 64.0 Å². The Hall–Kier alpha value is -2.09. The van der Waals surface area contributed by atoms with E-state index in [1.54, 1.807) is 0 Å². The Bertz CT molecular complexity index is 705.